The van der Waals surface area contributed by atoms with Gasteiger partial charge in [-0.25, -0.2) is 0 Å². The number of aliphatic hydroxyl groups is 2. The molecule has 0 bridgehead atoms. The van der Waals surface area contributed by atoms with Crippen molar-refractivity contribution in [3.8, 4) is 5.75 Å². The summed E-state index contributed by atoms with van der Waals surface area (Å²) in [5.41, 5.74) is 2.51. The molecule has 0 radical (unpaired) electrons. The predicted molar refractivity (Wildman–Crippen MR) is 159 cm³/mol. The lowest BCUT2D eigenvalue weighted by Crippen LogP contribution is -2.50. The molecule has 7 heteroatoms. The van der Waals surface area contributed by atoms with Crippen molar-refractivity contribution in [1.82, 2.24) is 4.90 Å². The van der Waals surface area contributed by atoms with Crippen molar-refractivity contribution in [3.63, 3.8) is 0 Å². The fourth-order valence-corrected chi connectivity index (χ4v) is 12.7. The first kappa shape index (κ1) is 29.8. The van der Waals surface area contributed by atoms with Crippen LogP contribution >= 0.6 is 31.9 Å². The molecule has 1 heterocycles. The molecule has 0 saturated carbocycles. The van der Waals surface area contributed by atoms with Crippen LogP contribution in [0.25, 0.3) is 0 Å². The Balaban J connectivity index is 1.67. The average molecular weight is 642 g/mol. The van der Waals surface area contributed by atoms with Crippen LogP contribution in [-0.2, 0) is 5.60 Å². The molecule has 0 unspecified atom stereocenters. The van der Waals surface area contributed by atoms with Crippen LogP contribution in [-0.4, -0.2) is 42.6 Å². The lowest BCUT2D eigenvalue weighted by Gasteiger charge is -2.42. The van der Waals surface area contributed by atoms with E-state index in [0.717, 1.165) is 38.9 Å². The van der Waals surface area contributed by atoms with Gasteiger partial charge in [0.05, 0.1) is 11.7 Å². The predicted octanol–water partition coefficient (Wildman–Crippen LogP) is 8.17. The minimum absolute atomic E-state index is 0.0500. The van der Waals surface area contributed by atoms with E-state index in [0.29, 0.717) is 29.5 Å². The van der Waals surface area contributed by atoms with Gasteiger partial charge in [0.1, 0.15) is 5.75 Å². The van der Waals surface area contributed by atoms with Gasteiger partial charge in [-0.15, -0.1) is 0 Å². The maximum Gasteiger partial charge on any atom is 0.258 e. The fourth-order valence-electron chi connectivity index (χ4n) is 6.18. The van der Waals surface area contributed by atoms with Gasteiger partial charge in [0.25, 0.3) is 8.32 Å². The van der Waals surface area contributed by atoms with Crippen LogP contribution in [0, 0.1) is 0 Å². The summed E-state index contributed by atoms with van der Waals surface area (Å²) in [6, 6.07) is 14.0. The minimum atomic E-state index is -2.01. The van der Waals surface area contributed by atoms with Gasteiger partial charge in [-0.3, -0.25) is 4.90 Å². The molecule has 0 aliphatic carbocycles. The molecular weight excluding hydrogens is 598 g/mol. The highest BCUT2D eigenvalue weighted by molar-refractivity contribution is 9.11. The van der Waals surface area contributed by atoms with E-state index in [-0.39, 0.29) is 6.04 Å². The smallest absolute Gasteiger partial charge is 0.258 e. The lowest BCUT2D eigenvalue weighted by atomic mass is 9.83. The van der Waals surface area contributed by atoms with Gasteiger partial charge in [-0.1, -0.05) is 85.5 Å². The van der Waals surface area contributed by atoms with Gasteiger partial charge in [0, 0.05) is 28.1 Å². The number of nitrogens with zero attached hydrogens (tertiary/aromatic N) is 1. The van der Waals surface area contributed by atoms with Crippen molar-refractivity contribution in [1.29, 1.82) is 0 Å². The highest BCUT2D eigenvalue weighted by Gasteiger charge is 2.47. The highest BCUT2D eigenvalue weighted by atomic mass is 79.9. The number of likely N-dealkylation sites (tertiary alicyclic amines) is 1. The van der Waals surface area contributed by atoms with E-state index < -0.39 is 20.0 Å². The summed E-state index contributed by atoms with van der Waals surface area (Å²) in [7, 11) is -2.01. The summed E-state index contributed by atoms with van der Waals surface area (Å²) < 4.78 is 8.70. The molecule has 2 N–H and O–H groups in total. The molecule has 0 aromatic heterocycles. The molecule has 0 amide bonds. The molecule has 200 valence electrons. The number of benzene rings is 2. The van der Waals surface area contributed by atoms with Crippen LogP contribution in [0.1, 0.15) is 78.5 Å². The average Bonchev–Trinajstić information content (AvgIpc) is 2.81. The molecule has 1 aliphatic heterocycles. The van der Waals surface area contributed by atoms with Crippen molar-refractivity contribution in [2.75, 3.05) is 13.1 Å². The zero-order chi connectivity index (χ0) is 26.8. The molecule has 2 atom stereocenters. The summed E-state index contributed by atoms with van der Waals surface area (Å²) in [5, 5.41) is 22.5. The second-order valence-electron chi connectivity index (χ2n) is 11.4. The van der Waals surface area contributed by atoms with E-state index in [1.807, 2.05) is 42.5 Å². The number of halogens is 2. The van der Waals surface area contributed by atoms with Crippen molar-refractivity contribution in [2.24, 2.45) is 0 Å². The molecule has 36 heavy (non-hydrogen) atoms. The fraction of sp³-hybridized carbons (Fsp3) is 0.586. The van der Waals surface area contributed by atoms with Crippen molar-refractivity contribution in [2.45, 2.75) is 95.7 Å². The van der Waals surface area contributed by atoms with Gasteiger partial charge in [0.2, 0.25) is 0 Å². The number of hydrogen-bond acceptors (Lipinski definition) is 4. The SMILES string of the molecule is CC(C)[Si](Oc1ccc([C@@H](O)[C@@H](C)N2CCC(O)(c3cc(Br)cc(Br)c3)CC2)cc1)(C(C)C)C(C)C. The van der Waals surface area contributed by atoms with Gasteiger partial charge in [-0.05, 0) is 77.8 Å². The van der Waals surface area contributed by atoms with E-state index >= 15 is 0 Å². The molecular formula is C29H43Br2NO3Si. The number of rotatable bonds is 9. The van der Waals surface area contributed by atoms with Crippen molar-refractivity contribution < 1.29 is 14.6 Å². The number of piperidine rings is 1. The Morgan fingerprint density at radius 3 is 1.75 bits per heavy atom. The van der Waals surface area contributed by atoms with E-state index in [1.165, 1.54) is 0 Å². The van der Waals surface area contributed by atoms with Crippen molar-refractivity contribution >= 4 is 40.2 Å². The molecule has 3 rings (SSSR count). The molecule has 1 saturated heterocycles. The summed E-state index contributed by atoms with van der Waals surface area (Å²) in [5.74, 6) is 0.907. The van der Waals surface area contributed by atoms with E-state index in [9.17, 15) is 10.2 Å². The Kier molecular flexibility index (Phi) is 9.95. The summed E-state index contributed by atoms with van der Waals surface area (Å²) in [6.45, 7) is 17.3. The van der Waals surface area contributed by atoms with Gasteiger partial charge in [-0.2, -0.15) is 0 Å². The molecule has 1 aliphatic rings. The van der Waals surface area contributed by atoms with Crippen LogP contribution < -0.4 is 4.43 Å². The monoisotopic (exact) mass is 639 g/mol. The van der Waals surface area contributed by atoms with E-state index in [4.69, 9.17) is 4.43 Å². The molecule has 1 fully saturated rings. The normalized spacial score (nSPS) is 18.6. The van der Waals surface area contributed by atoms with Crippen LogP contribution in [0.5, 0.6) is 5.75 Å². The van der Waals surface area contributed by atoms with Crippen LogP contribution in [0.2, 0.25) is 16.6 Å². The first-order valence-electron chi connectivity index (χ1n) is 13.2. The van der Waals surface area contributed by atoms with Crippen LogP contribution in [0.15, 0.2) is 51.4 Å². The highest BCUT2D eigenvalue weighted by Crippen LogP contribution is 2.43. The van der Waals surface area contributed by atoms with Crippen LogP contribution in [0.4, 0.5) is 0 Å². The Morgan fingerprint density at radius 1 is 0.833 bits per heavy atom. The number of aliphatic hydroxyl groups excluding tert-OH is 1. The Morgan fingerprint density at radius 2 is 1.31 bits per heavy atom. The third-order valence-corrected chi connectivity index (χ3v) is 15.2. The van der Waals surface area contributed by atoms with Crippen LogP contribution in [0.3, 0.4) is 0 Å². The first-order valence-corrected chi connectivity index (χ1v) is 16.9. The number of hydrogen-bond donors (Lipinski definition) is 2. The second kappa shape index (κ2) is 12.0. The quantitative estimate of drug-likeness (QED) is 0.272. The zero-order valence-corrected chi connectivity index (χ0v) is 26.9. The van der Waals surface area contributed by atoms with E-state index in [2.05, 4.69) is 85.2 Å². The zero-order valence-electron chi connectivity index (χ0n) is 22.8. The van der Waals surface area contributed by atoms with E-state index in [1.54, 1.807) is 0 Å². The summed E-state index contributed by atoms with van der Waals surface area (Å²) >= 11 is 7.07. The largest absolute Gasteiger partial charge is 0.543 e. The third-order valence-electron chi connectivity index (χ3n) is 8.28. The van der Waals surface area contributed by atoms with Gasteiger partial charge in [0.15, 0.2) is 0 Å². The standard InChI is InChI=1S/C29H43Br2NO3Si/c1-19(2)36(20(3)4,21(5)6)35-27-10-8-23(9-11-27)28(33)22(7)32-14-12-29(34,13-15-32)24-16-25(30)18-26(31)17-24/h8-11,16-22,28,33-34H,12-15H2,1-7H3/t22-,28+/m1/s1. The molecule has 0 spiro atoms. The van der Waals surface area contributed by atoms with Gasteiger partial charge >= 0.3 is 0 Å². The molecule has 2 aromatic rings. The maximum absolute atomic E-state index is 11.3. The first-order chi connectivity index (χ1) is 16.8. The minimum Gasteiger partial charge on any atom is -0.543 e. The van der Waals surface area contributed by atoms with Crippen molar-refractivity contribution in [3.05, 3.63) is 62.5 Å². The third kappa shape index (κ3) is 6.29. The Bertz CT molecular complexity index is 962. The summed E-state index contributed by atoms with van der Waals surface area (Å²) in [4.78, 5) is 2.28. The second-order valence-corrected chi connectivity index (χ2v) is 18.6. The Hall–Kier alpha value is -0.703. The Labute approximate surface area is 235 Å². The summed E-state index contributed by atoms with van der Waals surface area (Å²) in [6.07, 6.45) is 0.658. The molecule has 4 nitrogen and oxygen atoms in total. The van der Waals surface area contributed by atoms with Gasteiger partial charge < -0.3 is 14.6 Å². The lowest BCUT2D eigenvalue weighted by molar-refractivity contribution is -0.0502. The molecule has 2 aromatic carbocycles. The topological polar surface area (TPSA) is 52.9 Å². The maximum atomic E-state index is 11.3.